The molecule has 0 atom stereocenters. The van der Waals surface area contributed by atoms with Crippen molar-refractivity contribution in [3.8, 4) is 0 Å². The monoisotopic (exact) mass is 439 g/mol. The third-order valence-corrected chi connectivity index (χ3v) is 5.93. The van der Waals surface area contributed by atoms with Crippen LogP contribution in [0.5, 0.6) is 0 Å². The van der Waals surface area contributed by atoms with Crippen LogP contribution in [-0.4, -0.2) is 64.1 Å². The smallest absolute Gasteiger partial charge is 0.223 e. The summed E-state index contributed by atoms with van der Waals surface area (Å²) in [6.45, 7) is 10.7. The second-order valence-corrected chi connectivity index (χ2v) is 9.18. The van der Waals surface area contributed by atoms with Gasteiger partial charge in [0.25, 0.3) is 0 Å². The van der Waals surface area contributed by atoms with Crippen molar-refractivity contribution in [1.82, 2.24) is 19.6 Å². The van der Waals surface area contributed by atoms with Gasteiger partial charge in [-0.3, -0.25) is 14.3 Å². The van der Waals surface area contributed by atoms with Crippen molar-refractivity contribution < 1.29 is 9.59 Å². The molecular weight excluding hydrogens is 402 g/mol. The number of anilines is 1. The van der Waals surface area contributed by atoms with Gasteiger partial charge in [0.1, 0.15) is 0 Å². The minimum Gasteiger partial charge on any atom is -0.337 e. The molecule has 0 spiro atoms. The maximum atomic E-state index is 13.3. The van der Waals surface area contributed by atoms with Gasteiger partial charge >= 0.3 is 0 Å². The second kappa shape index (κ2) is 11.3. The van der Waals surface area contributed by atoms with Crippen LogP contribution in [-0.2, 0) is 29.6 Å². The minimum atomic E-state index is 0.0431. The summed E-state index contributed by atoms with van der Waals surface area (Å²) in [6.07, 6.45) is 5.83. The highest BCUT2D eigenvalue weighted by molar-refractivity contribution is 5.92. The van der Waals surface area contributed by atoms with Gasteiger partial charge in [-0.15, -0.1) is 0 Å². The number of aromatic nitrogens is 2. The predicted octanol–water partition coefficient (Wildman–Crippen LogP) is 3.10. The summed E-state index contributed by atoms with van der Waals surface area (Å²) in [5.74, 6) is 0.735. The third-order valence-electron chi connectivity index (χ3n) is 5.93. The van der Waals surface area contributed by atoms with E-state index in [0.29, 0.717) is 38.4 Å². The molecule has 0 saturated carbocycles. The van der Waals surface area contributed by atoms with E-state index < -0.39 is 0 Å². The van der Waals surface area contributed by atoms with Crippen LogP contribution in [0.25, 0.3) is 0 Å². The van der Waals surface area contributed by atoms with Gasteiger partial charge < -0.3 is 14.7 Å². The molecule has 0 bridgehead atoms. The summed E-state index contributed by atoms with van der Waals surface area (Å²) in [6, 6.07) is 7.99. The Morgan fingerprint density at radius 1 is 1.09 bits per heavy atom. The van der Waals surface area contributed by atoms with E-state index in [4.69, 9.17) is 0 Å². The maximum Gasteiger partial charge on any atom is 0.223 e. The molecule has 7 heteroatoms. The molecule has 3 rings (SSSR count). The van der Waals surface area contributed by atoms with E-state index in [0.717, 1.165) is 42.9 Å². The topological polar surface area (TPSA) is 61.7 Å². The Hall–Kier alpha value is -2.67. The van der Waals surface area contributed by atoms with Crippen LogP contribution in [0.3, 0.4) is 0 Å². The summed E-state index contributed by atoms with van der Waals surface area (Å²) < 4.78 is 1.77. The highest BCUT2D eigenvalue weighted by Gasteiger charge is 2.22. The Kier molecular flexibility index (Phi) is 8.45. The first-order valence-corrected chi connectivity index (χ1v) is 11.7. The average molecular weight is 440 g/mol. The van der Waals surface area contributed by atoms with Crippen molar-refractivity contribution in [1.29, 1.82) is 0 Å². The molecular formula is C25H37N5O2. The zero-order chi connectivity index (χ0) is 23.1. The number of carbonyl (C=O) groups is 2. The Balaban J connectivity index is 1.83. The van der Waals surface area contributed by atoms with Crippen molar-refractivity contribution in [3.05, 3.63) is 47.8 Å². The highest BCUT2D eigenvalue weighted by atomic mass is 16.2. The molecule has 2 heterocycles. The van der Waals surface area contributed by atoms with Gasteiger partial charge in [0.05, 0.1) is 6.20 Å². The standard InChI is InChI=1S/C25H37N5O2/c1-20(2)17-28-12-7-13-30(21(3)31)24-9-6-5-8-23(24)19-29(15-14-28)25(32)11-10-22-16-26-27(4)18-22/h5-6,8-9,16,18,20H,7,10-15,17,19H2,1-4H3. The normalized spacial score (nSPS) is 16.0. The molecule has 174 valence electrons. The fourth-order valence-electron chi connectivity index (χ4n) is 4.39. The number of hydrogen-bond acceptors (Lipinski definition) is 4. The molecule has 2 aromatic rings. The molecule has 0 aliphatic carbocycles. The van der Waals surface area contributed by atoms with Crippen LogP contribution >= 0.6 is 0 Å². The van der Waals surface area contributed by atoms with E-state index in [1.807, 2.05) is 53.5 Å². The first kappa shape index (κ1) is 24.0. The Morgan fingerprint density at radius 2 is 1.88 bits per heavy atom. The van der Waals surface area contributed by atoms with Crippen molar-refractivity contribution in [2.24, 2.45) is 13.0 Å². The zero-order valence-electron chi connectivity index (χ0n) is 20.0. The third kappa shape index (κ3) is 6.66. The van der Waals surface area contributed by atoms with Gasteiger partial charge in [0, 0.05) is 65.0 Å². The van der Waals surface area contributed by atoms with Gasteiger partial charge in [-0.05, 0) is 42.5 Å². The van der Waals surface area contributed by atoms with Gasteiger partial charge in [-0.1, -0.05) is 32.0 Å². The Labute approximate surface area is 192 Å². The number of para-hydroxylation sites is 1. The molecule has 32 heavy (non-hydrogen) atoms. The molecule has 7 nitrogen and oxygen atoms in total. The average Bonchev–Trinajstić information content (AvgIpc) is 3.15. The van der Waals surface area contributed by atoms with Crippen LogP contribution < -0.4 is 4.90 Å². The minimum absolute atomic E-state index is 0.0431. The molecule has 1 aliphatic heterocycles. The molecule has 0 saturated heterocycles. The second-order valence-electron chi connectivity index (χ2n) is 9.18. The van der Waals surface area contributed by atoms with E-state index in [2.05, 4.69) is 23.8 Å². The molecule has 1 aromatic carbocycles. The Morgan fingerprint density at radius 3 is 2.56 bits per heavy atom. The van der Waals surface area contributed by atoms with E-state index in [9.17, 15) is 9.59 Å². The van der Waals surface area contributed by atoms with E-state index >= 15 is 0 Å². The lowest BCUT2D eigenvalue weighted by atomic mass is 10.1. The van der Waals surface area contributed by atoms with Gasteiger partial charge in [0.2, 0.25) is 11.8 Å². The number of hydrogen-bond donors (Lipinski definition) is 0. The maximum absolute atomic E-state index is 13.3. The van der Waals surface area contributed by atoms with Crippen molar-refractivity contribution in [2.75, 3.05) is 37.6 Å². The quantitative estimate of drug-likeness (QED) is 0.718. The van der Waals surface area contributed by atoms with Crippen LogP contribution in [0.4, 0.5) is 5.69 Å². The lowest BCUT2D eigenvalue weighted by Gasteiger charge is -2.29. The van der Waals surface area contributed by atoms with E-state index in [1.165, 1.54) is 0 Å². The number of carbonyl (C=O) groups excluding carboxylic acids is 2. The lowest BCUT2D eigenvalue weighted by molar-refractivity contribution is -0.132. The van der Waals surface area contributed by atoms with Crippen molar-refractivity contribution >= 4 is 17.5 Å². The summed E-state index contributed by atoms with van der Waals surface area (Å²) in [5.41, 5.74) is 3.01. The van der Waals surface area contributed by atoms with Crippen molar-refractivity contribution in [2.45, 2.75) is 46.6 Å². The van der Waals surface area contributed by atoms with E-state index in [-0.39, 0.29) is 11.8 Å². The first-order chi connectivity index (χ1) is 15.3. The van der Waals surface area contributed by atoms with Crippen molar-refractivity contribution in [3.63, 3.8) is 0 Å². The molecule has 0 fully saturated rings. The van der Waals surface area contributed by atoms with Crippen LogP contribution in [0.1, 0.15) is 44.7 Å². The summed E-state index contributed by atoms with van der Waals surface area (Å²) in [5, 5.41) is 4.21. The van der Waals surface area contributed by atoms with Gasteiger partial charge in [-0.2, -0.15) is 5.10 Å². The number of rotatable bonds is 5. The Bertz CT molecular complexity index is 907. The fraction of sp³-hybridized carbons (Fsp3) is 0.560. The van der Waals surface area contributed by atoms with Gasteiger partial charge in [-0.25, -0.2) is 0 Å². The predicted molar refractivity (Wildman–Crippen MR) is 127 cm³/mol. The lowest BCUT2D eigenvalue weighted by Crippen LogP contribution is -2.40. The number of benzene rings is 1. The highest BCUT2D eigenvalue weighted by Crippen LogP contribution is 2.24. The summed E-state index contributed by atoms with van der Waals surface area (Å²) in [4.78, 5) is 32.0. The van der Waals surface area contributed by atoms with Gasteiger partial charge in [0.15, 0.2) is 0 Å². The molecule has 0 unspecified atom stereocenters. The SMILES string of the molecule is CC(=O)N1CCCN(CC(C)C)CCN(C(=O)CCc2cnn(C)c2)Cc2ccccc21. The van der Waals surface area contributed by atoms with E-state index in [1.54, 1.807) is 11.6 Å². The molecule has 1 aromatic heterocycles. The number of fused-ring (bicyclic) bond motifs is 1. The van der Waals surface area contributed by atoms with Crippen LogP contribution in [0.15, 0.2) is 36.7 Å². The molecule has 0 N–H and O–H groups in total. The zero-order valence-corrected chi connectivity index (χ0v) is 20.0. The fourth-order valence-corrected chi connectivity index (χ4v) is 4.39. The van der Waals surface area contributed by atoms with Crippen LogP contribution in [0, 0.1) is 5.92 Å². The molecule has 0 radical (unpaired) electrons. The molecule has 2 amide bonds. The number of aryl methyl sites for hydroxylation is 2. The number of amides is 2. The molecule has 1 aliphatic rings. The summed E-state index contributed by atoms with van der Waals surface area (Å²) in [7, 11) is 1.89. The largest absolute Gasteiger partial charge is 0.337 e. The number of nitrogens with zero attached hydrogens (tertiary/aromatic N) is 5. The van der Waals surface area contributed by atoms with Crippen LogP contribution in [0.2, 0.25) is 0 Å². The summed E-state index contributed by atoms with van der Waals surface area (Å²) >= 11 is 0. The first-order valence-electron chi connectivity index (χ1n) is 11.7.